The van der Waals surface area contributed by atoms with E-state index >= 15 is 0 Å². The van der Waals surface area contributed by atoms with Crippen LogP contribution in [-0.2, 0) is 12.8 Å². The second kappa shape index (κ2) is 9.27. The van der Waals surface area contributed by atoms with Gasteiger partial charge in [0, 0.05) is 31.9 Å². The van der Waals surface area contributed by atoms with Gasteiger partial charge in [0.2, 0.25) is 0 Å². The average Bonchev–Trinajstić information content (AvgIpc) is 2.99. The van der Waals surface area contributed by atoms with Gasteiger partial charge in [-0.1, -0.05) is 17.7 Å². The molecular formula is C18H26N4OS. The second-order valence-corrected chi connectivity index (χ2v) is 6.66. The third-order valence-corrected chi connectivity index (χ3v) is 4.51. The van der Waals surface area contributed by atoms with E-state index in [1.165, 1.54) is 11.1 Å². The van der Waals surface area contributed by atoms with Crippen molar-refractivity contribution < 1.29 is 4.74 Å². The van der Waals surface area contributed by atoms with E-state index in [1.807, 2.05) is 13.0 Å². The van der Waals surface area contributed by atoms with Crippen LogP contribution in [0.4, 0.5) is 0 Å². The summed E-state index contributed by atoms with van der Waals surface area (Å²) in [5, 5.41) is 9.89. The molecule has 0 aliphatic heterocycles. The molecule has 1 heterocycles. The van der Waals surface area contributed by atoms with Gasteiger partial charge >= 0.3 is 0 Å². The third kappa shape index (κ3) is 5.53. The molecule has 0 spiro atoms. The Kier molecular flexibility index (Phi) is 7.06. The number of rotatable bonds is 7. The number of hydrogen-bond donors (Lipinski definition) is 2. The van der Waals surface area contributed by atoms with E-state index in [1.54, 1.807) is 25.5 Å². The minimum absolute atomic E-state index is 0.801. The fraction of sp³-hybridized carbons (Fsp3) is 0.444. The largest absolute Gasteiger partial charge is 0.496 e. The van der Waals surface area contributed by atoms with Gasteiger partial charge in [-0.3, -0.25) is 4.99 Å². The summed E-state index contributed by atoms with van der Waals surface area (Å²) in [5.41, 5.74) is 3.58. The molecule has 6 heteroatoms. The molecule has 0 unspecified atom stereocenters. The van der Waals surface area contributed by atoms with Crippen LogP contribution < -0.4 is 15.4 Å². The Balaban J connectivity index is 1.76. The first-order valence-electron chi connectivity index (χ1n) is 8.11. The fourth-order valence-corrected chi connectivity index (χ4v) is 3.12. The molecule has 2 rings (SSSR count). The molecular weight excluding hydrogens is 320 g/mol. The molecule has 1 aromatic carbocycles. The van der Waals surface area contributed by atoms with E-state index in [9.17, 15) is 0 Å². The molecule has 0 bridgehead atoms. The maximum Gasteiger partial charge on any atom is 0.190 e. The zero-order valence-electron chi connectivity index (χ0n) is 14.8. The van der Waals surface area contributed by atoms with Crippen LogP contribution in [0.5, 0.6) is 5.75 Å². The highest BCUT2D eigenvalue weighted by molar-refractivity contribution is 7.09. The van der Waals surface area contributed by atoms with E-state index in [0.717, 1.165) is 48.3 Å². The predicted molar refractivity (Wildman–Crippen MR) is 101 cm³/mol. The topological polar surface area (TPSA) is 58.5 Å². The molecule has 0 saturated heterocycles. The number of methoxy groups -OCH3 is 1. The van der Waals surface area contributed by atoms with Gasteiger partial charge in [0.1, 0.15) is 5.75 Å². The van der Waals surface area contributed by atoms with Gasteiger partial charge in [-0.05, 0) is 31.9 Å². The van der Waals surface area contributed by atoms with Crippen LogP contribution in [0, 0.1) is 13.8 Å². The summed E-state index contributed by atoms with van der Waals surface area (Å²) in [6.45, 7) is 5.74. The number of hydrogen-bond acceptors (Lipinski definition) is 4. The average molecular weight is 347 g/mol. The van der Waals surface area contributed by atoms with Gasteiger partial charge < -0.3 is 15.4 Å². The van der Waals surface area contributed by atoms with Gasteiger partial charge in [-0.2, -0.15) is 0 Å². The smallest absolute Gasteiger partial charge is 0.190 e. The van der Waals surface area contributed by atoms with Gasteiger partial charge in [0.25, 0.3) is 0 Å². The predicted octanol–water partition coefficient (Wildman–Crippen LogP) is 2.72. The van der Waals surface area contributed by atoms with Crippen LogP contribution in [-0.4, -0.2) is 38.2 Å². The molecule has 5 nitrogen and oxygen atoms in total. The summed E-state index contributed by atoms with van der Waals surface area (Å²) in [7, 11) is 3.50. The zero-order valence-corrected chi connectivity index (χ0v) is 15.7. The summed E-state index contributed by atoms with van der Waals surface area (Å²) < 4.78 is 5.42. The van der Waals surface area contributed by atoms with Crippen molar-refractivity contribution in [2.75, 3.05) is 27.2 Å². The normalized spacial score (nSPS) is 11.4. The molecule has 2 aromatic rings. The maximum absolute atomic E-state index is 5.42. The molecule has 2 N–H and O–H groups in total. The summed E-state index contributed by atoms with van der Waals surface area (Å²) in [6, 6.07) is 6.26. The van der Waals surface area contributed by atoms with Gasteiger partial charge in [0.05, 0.1) is 17.8 Å². The van der Waals surface area contributed by atoms with Gasteiger partial charge in [0.15, 0.2) is 5.96 Å². The number of aliphatic imine (C=N–C) groups is 1. The molecule has 0 atom stereocenters. The number of guanidine groups is 1. The summed E-state index contributed by atoms with van der Waals surface area (Å²) in [6.07, 6.45) is 1.79. The Labute approximate surface area is 148 Å². The number of nitrogens with zero attached hydrogens (tertiary/aromatic N) is 2. The Morgan fingerprint density at radius 1 is 1.21 bits per heavy atom. The quantitative estimate of drug-likeness (QED) is 0.598. The first-order chi connectivity index (χ1) is 11.6. The highest BCUT2D eigenvalue weighted by Crippen LogP contribution is 2.19. The van der Waals surface area contributed by atoms with Crippen molar-refractivity contribution in [1.82, 2.24) is 15.6 Å². The van der Waals surface area contributed by atoms with Crippen LogP contribution in [0.25, 0.3) is 0 Å². The van der Waals surface area contributed by atoms with Gasteiger partial charge in [-0.15, -0.1) is 11.3 Å². The first kappa shape index (κ1) is 18.3. The third-order valence-electron chi connectivity index (χ3n) is 3.69. The summed E-state index contributed by atoms with van der Waals surface area (Å²) in [4.78, 5) is 8.73. The van der Waals surface area contributed by atoms with Crippen LogP contribution in [0.3, 0.4) is 0 Å². The molecule has 24 heavy (non-hydrogen) atoms. The van der Waals surface area contributed by atoms with Crippen LogP contribution in [0.15, 0.2) is 28.6 Å². The number of aromatic nitrogens is 1. The van der Waals surface area contributed by atoms with Crippen molar-refractivity contribution in [3.63, 3.8) is 0 Å². The van der Waals surface area contributed by atoms with Crippen molar-refractivity contribution in [1.29, 1.82) is 0 Å². The molecule has 1 aromatic heterocycles. The summed E-state index contributed by atoms with van der Waals surface area (Å²) in [5.74, 6) is 1.75. The SMILES string of the molecule is CN=C(NCCc1csc(C)n1)NCCc1cc(C)ccc1OC. The number of benzene rings is 1. The van der Waals surface area contributed by atoms with E-state index in [-0.39, 0.29) is 0 Å². The van der Waals surface area contributed by atoms with Crippen molar-refractivity contribution >= 4 is 17.3 Å². The Morgan fingerprint density at radius 3 is 2.58 bits per heavy atom. The molecule has 130 valence electrons. The minimum atomic E-state index is 0.801. The molecule has 0 amide bonds. The summed E-state index contributed by atoms with van der Waals surface area (Å²) >= 11 is 1.69. The molecule has 0 saturated carbocycles. The Bertz CT molecular complexity index is 681. The zero-order chi connectivity index (χ0) is 17.4. The van der Waals surface area contributed by atoms with Gasteiger partial charge in [-0.25, -0.2) is 4.98 Å². The standard InChI is InChI=1S/C18H26N4OS/c1-13-5-6-17(23-4)15(11-13)7-9-20-18(19-3)21-10-8-16-12-24-14(2)22-16/h5-6,11-12H,7-10H2,1-4H3,(H2,19,20,21). The first-order valence-corrected chi connectivity index (χ1v) is 8.99. The van der Waals surface area contributed by atoms with Crippen molar-refractivity contribution in [3.8, 4) is 5.75 Å². The number of nitrogens with one attached hydrogen (secondary N) is 2. The Hall–Kier alpha value is -2.08. The van der Waals surface area contributed by atoms with Crippen molar-refractivity contribution in [3.05, 3.63) is 45.4 Å². The fourth-order valence-electron chi connectivity index (χ4n) is 2.47. The minimum Gasteiger partial charge on any atom is -0.496 e. The highest BCUT2D eigenvalue weighted by atomic mass is 32.1. The second-order valence-electron chi connectivity index (χ2n) is 5.60. The lowest BCUT2D eigenvalue weighted by molar-refractivity contribution is 0.409. The maximum atomic E-state index is 5.42. The van der Waals surface area contributed by atoms with E-state index in [2.05, 4.69) is 45.0 Å². The Morgan fingerprint density at radius 2 is 1.96 bits per heavy atom. The van der Waals surface area contributed by atoms with Crippen molar-refractivity contribution in [2.24, 2.45) is 4.99 Å². The lowest BCUT2D eigenvalue weighted by atomic mass is 10.1. The lowest BCUT2D eigenvalue weighted by Gasteiger charge is -2.13. The van der Waals surface area contributed by atoms with Crippen LogP contribution in [0.1, 0.15) is 21.8 Å². The van der Waals surface area contributed by atoms with E-state index in [0.29, 0.717) is 0 Å². The van der Waals surface area contributed by atoms with Crippen LogP contribution >= 0.6 is 11.3 Å². The molecule has 0 fully saturated rings. The number of thiazole rings is 1. The van der Waals surface area contributed by atoms with E-state index in [4.69, 9.17) is 4.74 Å². The van der Waals surface area contributed by atoms with Crippen LogP contribution in [0.2, 0.25) is 0 Å². The van der Waals surface area contributed by atoms with E-state index < -0.39 is 0 Å². The van der Waals surface area contributed by atoms with Crippen molar-refractivity contribution in [2.45, 2.75) is 26.7 Å². The number of aryl methyl sites for hydroxylation is 2. The molecule has 0 aliphatic rings. The molecule has 0 radical (unpaired) electrons. The lowest BCUT2D eigenvalue weighted by Crippen LogP contribution is -2.39. The number of ether oxygens (including phenoxy) is 1. The monoisotopic (exact) mass is 346 g/mol. The molecule has 0 aliphatic carbocycles. The highest BCUT2D eigenvalue weighted by Gasteiger charge is 2.04.